The number of imidazole rings is 1. The van der Waals surface area contributed by atoms with Crippen molar-refractivity contribution in [1.29, 1.82) is 0 Å². The van der Waals surface area contributed by atoms with Crippen molar-refractivity contribution in [2.45, 2.75) is 31.9 Å². The van der Waals surface area contributed by atoms with Gasteiger partial charge < -0.3 is 0 Å². The molecule has 73 heavy (non-hydrogen) atoms. The van der Waals surface area contributed by atoms with E-state index >= 15 is 0 Å². The molecule has 4 aromatic heterocycles. The van der Waals surface area contributed by atoms with Crippen LogP contribution in [-0.2, 0) is 31.9 Å². The number of benzene rings is 8. The fourth-order valence-corrected chi connectivity index (χ4v) is 9.98. The molecule has 0 amide bonds. The zero-order valence-electron chi connectivity index (χ0n) is 39.6. The molecule has 12 aromatic rings. The molecule has 5 nitrogen and oxygen atoms in total. The van der Waals surface area contributed by atoms with Crippen LogP contribution < -0.4 is 0 Å². The van der Waals surface area contributed by atoms with Gasteiger partial charge in [-0.15, -0.1) is 0 Å². The van der Waals surface area contributed by atoms with Gasteiger partial charge in [-0.25, -0.2) is 9.97 Å². The van der Waals surface area contributed by atoms with Crippen LogP contribution in [0.4, 0.5) is 13.2 Å². The Morgan fingerprint density at radius 1 is 0.356 bits per heavy atom. The van der Waals surface area contributed by atoms with Crippen LogP contribution in [0.2, 0.25) is 0 Å². The number of hydrogen-bond donors (Lipinski definition) is 0. The third-order valence-electron chi connectivity index (χ3n) is 13.7. The topological polar surface area (TPSA) is 56.0 Å². The molecule has 0 atom stereocenters. The smallest absolute Gasteiger partial charge is 0.272 e. The monoisotopic (exact) mass is 953 g/mol. The number of fused-ring (bicyclic) bond motifs is 5. The highest BCUT2D eigenvalue weighted by molar-refractivity contribution is 5.97. The second-order valence-corrected chi connectivity index (χ2v) is 18.5. The summed E-state index contributed by atoms with van der Waals surface area (Å²) in [6.45, 7) is 0. The quantitative estimate of drug-likeness (QED) is 0.122. The minimum atomic E-state index is -4.68. The maximum absolute atomic E-state index is 14.6. The van der Waals surface area contributed by atoms with Gasteiger partial charge in [0.25, 0.3) is 0 Å². The Morgan fingerprint density at radius 2 is 0.904 bits per heavy atom. The molecule has 8 heteroatoms. The molecule has 0 saturated carbocycles. The van der Waals surface area contributed by atoms with Crippen LogP contribution in [0.1, 0.15) is 28.1 Å². The van der Waals surface area contributed by atoms with Crippen LogP contribution in [0, 0.1) is 0 Å². The first kappa shape index (κ1) is 45.1. The van der Waals surface area contributed by atoms with Gasteiger partial charge in [0.05, 0.1) is 27.9 Å². The first-order chi connectivity index (χ1) is 35.8. The van der Waals surface area contributed by atoms with Crippen LogP contribution >= 0.6 is 0 Å². The van der Waals surface area contributed by atoms with Crippen molar-refractivity contribution >= 4 is 27.6 Å². The van der Waals surface area contributed by atoms with Crippen molar-refractivity contribution in [2.24, 2.45) is 0 Å². The van der Waals surface area contributed by atoms with Gasteiger partial charge in [-0.3, -0.25) is 14.4 Å². The number of pyridine rings is 2. The van der Waals surface area contributed by atoms with E-state index in [1.54, 1.807) is 30.3 Å². The first-order valence-electron chi connectivity index (χ1n) is 24.5. The summed E-state index contributed by atoms with van der Waals surface area (Å²) >= 11 is 0. The Kier molecular flexibility index (Phi) is 11.9. The fraction of sp³-hybridized carbons (Fsp3) is 0.0769. The van der Waals surface area contributed by atoms with Crippen LogP contribution in [-0.4, -0.2) is 24.3 Å². The average Bonchev–Trinajstić information content (AvgIpc) is 3.84. The van der Waals surface area contributed by atoms with E-state index in [0.717, 1.165) is 89.8 Å². The lowest BCUT2D eigenvalue weighted by Crippen LogP contribution is -2.14. The Bertz CT molecular complexity index is 3920. The second kappa shape index (κ2) is 19.3. The minimum Gasteiger partial charge on any atom is -0.272 e. The van der Waals surface area contributed by atoms with E-state index in [1.165, 1.54) is 16.7 Å². The van der Waals surface area contributed by atoms with E-state index in [-0.39, 0.29) is 11.2 Å². The summed E-state index contributed by atoms with van der Waals surface area (Å²) in [5, 5.41) is 0.571. The summed E-state index contributed by atoms with van der Waals surface area (Å²) in [7, 11) is 0. The summed E-state index contributed by atoms with van der Waals surface area (Å²) in [4.78, 5) is 18.7. The summed E-state index contributed by atoms with van der Waals surface area (Å²) in [6.07, 6.45) is 2.10. The number of para-hydroxylation sites is 2. The van der Waals surface area contributed by atoms with Gasteiger partial charge >= 0.3 is 6.18 Å². The molecular weight excluding hydrogens is 908 g/mol. The second-order valence-electron chi connectivity index (χ2n) is 18.5. The number of alkyl halides is 3. The van der Waals surface area contributed by atoms with Gasteiger partial charge in [0.1, 0.15) is 5.65 Å². The highest BCUT2D eigenvalue weighted by atomic mass is 19.4. The molecule has 0 saturated heterocycles. The molecule has 0 spiro atoms. The van der Waals surface area contributed by atoms with E-state index in [2.05, 4.69) is 162 Å². The zero-order valence-corrected chi connectivity index (χ0v) is 39.6. The summed E-state index contributed by atoms with van der Waals surface area (Å²) in [6, 6.07) is 74.0. The van der Waals surface area contributed by atoms with Gasteiger partial charge in [0.15, 0.2) is 0 Å². The predicted molar refractivity (Wildman–Crippen MR) is 289 cm³/mol. The van der Waals surface area contributed by atoms with Gasteiger partial charge in [-0.1, -0.05) is 176 Å². The fourth-order valence-electron chi connectivity index (χ4n) is 9.98. The molecule has 0 N–H and O–H groups in total. The number of aromatic nitrogens is 5. The number of hydrogen-bond acceptors (Lipinski definition) is 4. The highest BCUT2D eigenvalue weighted by Gasteiger charge is 2.37. The Morgan fingerprint density at radius 3 is 1.60 bits per heavy atom. The molecular formula is C65H46F3N5. The largest absolute Gasteiger partial charge is 0.450 e. The lowest BCUT2D eigenvalue weighted by atomic mass is 9.90. The molecule has 0 aliphatic carbocycles. The first-order valence-corrected chi connectivity index (χ1v) is 24.5. The lowest BCUT2D eigenvalue weighted by Gasteiger charge is -2.15. The van der Waals surface area contributed by atoms with E-state index in [1.807, 2.05) is 48.8 Å². The number of rotatable bonds is 12. The van der Waals surface area contributed by atoms with Crippen molar-refractivity contribution in [3.05, 3.63) is 259 Å². The molecule has 0 bridgehead atoms. The van der Waals surface area contributed by atoms with Crippen molar-refractivity contribution in [3.8, 4) is 67.0 Å². The number of halogens is 3. The minimum absolute atomic E-state index is 0.242. The number of aryl methyl sites for hydroxylation is 4. The van der Waals surface area contributed by atoms with E-state index in [4.69, 9.17) is 9.97 Å². The zero-order chi connectivity index (χ0) is 49.3. The maximum atomic E-state index is 14.6. The summed E-state index contributed by atoms with van der Waals surface area (Å²) in [5.41, 5.74) is 18.5. The van der Waals surface area contributed by atoms with E-state index in [0.29, 0.717) is 29.3 Å². The van der Waals surface area contributed by atoms with Crippen LogP contribution in [0.5, 0.6) is 0 Å². The molecule has 0 unspecified atom stereocenters. The van der Waals surface area contributed by atoms with Crippen molar-refractivity contribution in [1.82, 2.24) is 24.3 Å². The lowest BCUT2D eigenvalue weighted by molar-refractivity contribution is -0.145. The molecule has 0 aliphatic heterocycles. The SMILES string of the molecule is FC(F)(F)c1nc2cc(CCc3cc(CCc4ccc(-c5ccccc5)nc4)cc(-c4ccccc4-c4ccc(-c5cccc(-c6ccc(-c7ccccc7)cc6)c5)nc4)c3)ccc2c2nc3ccccc3n12. The van der Waals surface area contributed by atoms with Crippen molar-refractivity contribution in [3.63, 3.8) is 0 Å². The summed E-state index contributed by atoms with van der Waals surface area (Å²) in [5.74, 6) is -0.984. The van der Waals surface area contributed by atoms with Crippen LogP contribution in [0.15, 0.2) is 231 Å². The van der Waals surface area contributed by atoms with E-state index < -0.39 is 12.0 Å². The molecule has 0 radical (unpaired) electrons. The van der Waals surface area contributed by atoms with Gasteiger partial charge in [0, 0.05) is 34.5 Å². The van der Waals surface area contributed by atoms with E-state index in [9.17, 15) is 13.2 Å². The molecule has 0 fully saturated rings. The molecule has 8 aromatic carbocycles. The van der Waals surface area contributed by atoms with Crippen LogP contribution in [0.3, 0.4) is 0 Å². The Hall–Kier alpha value is -9.01. The predicted octanol–water partition coefficient (Wildman–Crippen LogP) is 16.4. The Balaban J connectivity index is 0.847. The molecule has 12 rings (SSSR count). The Labute approximate surface area is 421 Å². The van der Waals surface area contributed by atoms with Crippen molar-refractivity contribution < 1.29 is 13.2 Å². The standard InChI is InChI=1S/C65H46F3N5/c66-65(67,68)64-72-61-39-43(26-33-57(61)63-71-60-20-9-10-21-62(60)73(63)64)22-24-45-36-46(25-23-44-27-34-58(69-41-44)50-14-5-2-6-15-50)38-54(37-45)56-19-8-7-18-55(56)53-32-35-59(70-42-53)52-17-11-16-51(40-52)49-30-28-48(29-31-49)47-12-3-1-4-13-47/h1-21,26-42H,22-25H2. The molecule has 352 valence electrons. The molecule has 0 aliphatic rings. The number of nitrogens with zero attached hydrogens (tertiary/aromatic N) is 5. The average molecular weight is 954 g/mol. The van der Waals surface area contributed by atoms with Gasteiger partial charge in [-0.2, -0.15) is 13.2 Å². The van der Waals surface area contributed by atoms with Gasteiger partial charge in [-0.05, 0) is 129 Å². The molecule has 4 heterocycles. The van der Waals surface area contributed by atoms with Crippen molar-refractivity contribution in [2.75, 3.05) is 0 Å². The van der Waals surface area contributed by atoms with Crippen LogP contribution in [0.25, 0.3) is 94.6 Å². The maximum Gasteiger partial charge on any atom is 0.450 e. The highest BCUT2D eigenvalue weighted by Crippen LogP contribution is 2.37. The normalized spacial score (nSPS) is 11.7. The third kappa shape index (κ3) is 9.39. The van der Waals surface area contributed by atoms with Gasteiger partial charge in [0.2, 0.25) is 5.82 Å². The third-order valence-corrected chi connectivity index (χ3v) is 13.7. The summed E-state index contributed by atoms with van der Waals surface area (Å²) < 4.78 is 45.0.